The van der Waals surface area contributed by atoms with Gasteiger partial charge in [-0.25, -0.2) is 4.98 Å². The number of nitrogens with one attached hydrogen (secondary N) is 1. The average Bonchev–Trinajstić information content (AvgIpc) is 2.51. The van der Waals surface area contributed by atoms with E-state index in [2.05, 4.69) is 17.2 Å². The maximum Gasteiger partial charge on any atom is 0.214 e. The second kappa shape index (κ2) is 8.01. The molecule has 0 aliphatic heterocycles. The maximum absolute atomic E-state index is 6.17. The summed E-state index contributed by atoms with van der Waals surface area (Å²) in [7, 11) is 0. The summed E-state index contributed by atoms with van der Waals surface area (Å²) in [6.07, 6.45) is 2.70. The Morgan fingerprint density at radius 1 is 1.29 bits per heavy atom. The third kappa shape index (κ3) is 4.73. The van der Waals surface area contributed by atoms with Crippen molar-refractivity contribution >= 4 is 11.6 Å². The SMILES string of the molecule is CCCNCc1cc(OC(C)c2ccccc2)ncc1Cl. The smallest absolute Gasteiger partial charge is 0.214 e. The highest BCUT2D eigenvalue weighted by molar-refractivity contribution is 6.31. The lowest BCUT2D eigenvalue weighted by Crippen LogP contribution is -2.14. The van der Waals surface area contributed by atoms with Crippen molar-refractivity contribution in [1.82, 2.24) is 10.3 Å². The Hall–Kier alpha value is -1.58. The third-order valence-electron chi connectivity index (χ3n) is 3.22. The van der Waals surface area contributed by atoms with E-state index in [0.717, 1.165) is 30.6 Å². The highest BCUT2D eigenvalue weighted by atomic mass is 35.5. The van der Waals surface area contributed by atoms with Gasteiger partial charge in [0.15, 0.2) is 0 Å². The molecule has 1 atom stereocenters. The largest absolute Gasteiger partial charge is 0.470 e. The van der Waals surface area contributed by atoms with Crippen LogP contribution in [-0.2, 0) is 6.54 Å². The van der Waals surface area contributed by atoms with Crippen molar-refractivity contribution in [2.45, 2.75) is 32.9 Å². The fourth-order valence-corrected chi connectivity index (χ4v) is 2.20. The van der Waals surface area contributed by atoms with E-state index in [4.69, 9.17) is 16.3 Å². The molecule has 0 aliphatic carbocycles. The minimum atomic E-state index is -0.0451. The molecule has 0 saturated heterocycles. The molecule has 1 N–H and O–H groups in total. The second-order valence-electron chi connectivity index (χ2n) is 4.96. The van der Waals surface area contributed by atoms with Gasteiger partial charge in [0, 0.05) is 18.8 Å². The van der Waals surface area contributed by atoms with Gasteiger partial charge in [0.05, 0.1) is 5.02 Å². The van der Waals surface area contributed by atoms with Gasteiger partial charge < -0.3 is 10.1 Å². The molecule has 0 fully saturated rings. The van der Waals surface area contributed by atoms with E-state index in [0.29, 0.717) is 10.9 Å². The molecule has 3 nitrogen and oxygen atoms in total. The van der Waals surface area contributed by atoms with Crippen LogP contribution in [0.25, 0.3) is 0 Å². The van der Waals surface area contributed by atoms with Crippen LogP contribution in [0.4, 0.5) is 0 Å². The first-order valence-corrected chi connectivity index (χ1v) is 7.65. The zero-order chi connectivity index (χ0) is 15.1. The van der Waals surface area contributed by atoms with Crippen LogP contribution in [-0.4, -0.2) is 11.5 Å². The number of pyridine rings is 1. The van der Waals surface area contributed by atoms with E-state index in [1.54, 1.807) is 6.20 Å². The minimum absolute atomic E-state index is 0.0451. The summed E-state index contributed by atoms with van der Waals surface area (Å²) >= 11 is 6.17. The Kier molecular flexibility index (Phi) is 6.03. The number of nitrogens with zero attached hydrogens (tertiary/aromatic N) is 1. The number of rotatable bonds is 7. The number of ether oxygens (including phenoxy) is 1. The van der Waals surface area contributed by atoms with Crippen molar-refractivity contribution < 1.29 is 4.74 Å². The van der Waals surface area contributed by atoms with Crippen LogP contribution >= 0.6 is 11.6 Å². The fourth-order valence-electron chi connectivity index (χ4n) is 2.03. The maximum atomic E-state index is 6.17. The Balaban J connectivity index is 2.04. The number of halogens is 1. The molecule has 0 spiro atoms. The first kappa shape index (κ1) is 15.8. The lowest BCUT2D eigenvalue weighted by atomic mass is 10.1. The lowest BCUT2D eigenvalue weighted by Gasteiger charge is -2.15. The van der Waals surface area contributed by atoms with Crippen LogP contribution in [0, 0.1) is 0 Å². The Bertz CT molecular complexity index is 560. The van der Waals surface area contributed by atoms with Gasteiger partial charge in [-0.3, -0.25) is 0 Å². The minimum Gasteiger partial charge on any atom is -0.470 e. The van der Waals surface area contributed by atoms with Crippen LogP contribution < -0.4 is 10.1 Å². The molecule has 21 heavy (non-hydrogen) atoms. The molecule has 2 aromatic rings. The molecule has 0 radical (unpaired) electrons. The van der Waals surface area contributed by atoms with Gasteiger partial charge in [-0.15, -0.1) is 0 Å². The van der Waals surface area contributed by atoms with E-state index in [9.17, 15) is 0 Å². The summed E-state index contributed by atoms with van der Waals surface area (Å²) in [5.41, 5.74) is 2.13. The monoisotopic (exact) mass is 304 g/mol. The average molecular weight is 305 g/mol. The van der Waals surface area contributed by atoms with Gasteiger partial charge in [0.1, 0.15) is 6.10 Å². The molecule has 0 amide bonds. The zero-order valence-electron chi connectivity index (χ0n) is 12.5. The molecule has 1 heterocycles. The molecule has 112 valence electrons. The van der Waals surface area contributed by atoms with Crippen LogP contribution in [0.1, 0.15) is 37.5 Å². The topological polar surface area (TPSA) is 34.1 Å². The molecule has 1 unspecified atom stereocenters. The van der Waals surface area contributed by atoms with E-state index in [-0.39, 0.29) is 6.10 Å². The normalized spacial score (nSPS) is 12.1. The first-order chi connectivity index (χ1) is 10.2. The van der Waals surface area contributed by atoms with Gasteiger partial charge in [-0.1, -0.05) is 48.9 Å². The van der Waals surface area contributed by atoms with E-state index in [1.165, 1.54) is 0 Å². The quantitative estimate of drug-likeness (QED) is 0.771. The fraction of sp³-hybridized carbons (Fsp3) is 0.353. The Labute approximate surface area is 131 Å². The van der Waals surface area contributed by atoms with Crippen LogP contribution in [0.3, 0.4) is 0 Å². The van der Waals surface area contributed by atoms with Crippen LogP contribution in [0.5, 0.6) is 5.88 Å². The number of aromatic nitrogens is 1. The van der Waals surface area contributed by atoms with Crippen molar-refractivity contribution in [3.05, 3.63) is 58.7 Å². The molecular weight excluding hydrogens is 284 g/mol. The van der Waals surface area contributed by atoms with E-state index in [1.807, 2.05) is 43.3 Å². The predicted molar refractivity (Wildman–Crippen MR) is 86.7 cm³/mol. The highest BCUT2D eigenvalue weighted by Crippen LogP contribution is 2.23. The third-order valence-corrected chi connectivity index (χ3v) is 3.56. The van der Waals surface area contributed by atoms with Crippen LogP contribution in [0.15, 0.2) is 42.6 Å². The molecule has 0 bridgehead atoms. The summed E-state index contributed by atoms with van der Waals surface area (Å²) in [6.45, 7) is 5.85. The first-order valence-electron chi connectivity index (χ1n) is 7.27. The summed E-state index contributed by atoms with van der Waals surface area (Å²) in [4.78, 5) is 4.25. The highest BCUT2D eigenvalue weighted by Gasteiger charge is 2.09. The van der Waals surface area contributed by atoms with Gasteiger partial charge in [-0.05, 0) is 31.0 Å². The van der Waals surface area contributed by atoms with E-state index < -0.39 is 0 Å². The van der Waals surface area contributed by atoms with Crippen molar-refractivity contribution in [2.75, 3.05) is 6.54 Å². The lowest BCUT2D eigenvalue weighted by molar-refractivity contribution is 0.217. The standard InChI is InChI=1S/C17H21ClN2O/c1-3-9-19-11-15-10-17(20-12-16(15)18)21-13(2)14-7-5-4-6-8-14/h4-8,10,12-13,19H,3,9,11H2,1-2H3. The molecular formula is C17H21ClN2O. The van der Waals surface area contributed by atoms with Gasteiger partial charge in [-0.2, -0.15) is 0 Å². The van der Waals surface area contributed by atoms with Crippen molar-refractivity contribution in [2.24, 2.45) is 0 Å². The Morgan fingerprint density at radius 3 is 2.76 bits per heavy atom. The van der Waals surface area contributed by atoms with E-state index >= 15 is 0 Å². The second-order valence-corrected chi connectivity index (χ2v) is 5.37. The van der Waals surface area contributed by atoms with Crippen molar-refractivity contribution in [3.8, 4) is 5.88 Å². The number of benzene rings is 1. The molecule has 1 aromatic carbocycles. The molecule has 2 rings (SSSR count). The van der Waals surface area contributed by atoms with Gasteiger partial charge in [0.25, 0.3) is 0 Å². The number of hydrogen-bond acceptors (Lipinski definition) is 3. The summed E-state index contributed by atoms with van der Waals surface area (Å²) in [5, 5.41) is 4.00. The Morgan fingerprint density at radius 2 is 2.05 bits per heavy atom. The van der Waals surface area contributed by atoms with Gasteiger partial charge >= 0.3 is 0 Å². The molecule has 4 heteroatoms. The van der Waals surface area contributed by atoms with Crippen molar-refractivity contribution in [3.63, 3.8) is 0 Å². The summed E-state index contributed by atoms with van der Waals surface area (Å²) < 4.78 is 5.90. The molecule has 1 aromatic heterocycles. The molecule has 0 saturated carbocycles. The number of hydrogen-bond donors (Lipinski definition) is 1. The van der Waals surface area contributed by atoms with Crippen LogP contribution in [0.2, 0.25) is 5.02 Å². The molecule has 0 aliphatic rings. The van der Waals surface area contributed by atoms with Crippen molar-refractivity contribution in [1.29, 1.82) is 0 Å². The predicted octanol–water partition coefficient (Wildman–Crippen LogP) is 4.37. The summed E-state index contributed by atoms with van der Waals surface area (Å²) in [5.74, 6) is 0.601. The van der Waals surface area contributed by atoms with Gasteiger partial charge in [0.2, 0.25) is 5.88 Å². The summed E-state index contributed by atoms with van der Waals surface area (Å²) in [6, 6.07) is 12.0. The zero-order valence-corrected chi connectivity index (χ0v) is 13.2.